The normalized spacial score (nSPS) is 17.2. The van der Waals surface area contributed by atoms with E-state index in [1.54, 1.807) is 11.0 Å². The van der Waals surface area contributed by atoms with Gasteiger partial charge in [-0.05, 0) is 51.9 Å². The van der Waals surface area contributed by atoms with Crippen LogP contribution < -0.4 is 10.2 Å². The number of amides is 1. The quantitative estimate of drug-likeness (QED) is 0.480. The average Bonchev–Trinajstić information content (AvgIpc) is 3.29. The first-order valence-corrected chi connectivity index (χ1v) is 12.9. The Hall–Kier alpha value is -3.37. The van der Waals surface area contributed by atoms with Gasteiger partial charge in [0.05, 0.1) is 5.39 Å². The van der Waals surface area contributed by atoms with E-state index in [9.17, 15) is 4.79 Å². The number of anilines is 3. The minimum absolute atomic E-state index is 0.288. The van der Waals surface area contributed by atoms with E-state index in [4.69, 9.17) is 16.3 Å². The van der Waals surface area contributed by atoms with Crippen molar-refractivity contribution >= 4 is 51.6 Å². The number of H-pyrrole nitrogens is 1. The molecule has 0 atom stereocenters. The number of nitrogens with zero attached hydrogens (tertiary/aromatic N) is 6. The third kappa shape index (κ3) is 5.97. The lowest BCUT2D eigenvalue weighted by molar-refractivity contribution is 0.0270. The molecule has 1 fully saturated rings. The topological polar surface area (TPSA) is 103 Å². The largest absolute Gasteiger partial charge is 0.444 e. The Morgan fingerprint density at radius 1 is 1.11 bits per heavy atom. The number of aromatic amines is 1. The number of fused-ring (bicyclic) bond motifs is 1. The summed E-state index contributed by atoms with van der Waals surface area (Å²) in [7, 11) is 2.13. The van der Waals surface area contributed by atoms with Gasteiger partial charge in [0.2, 0.25) is 0 Å². The Labute approximate surface area is 221 Å². The summed E-state index contributed by atoms with van der Waals surface area (Å²) >= 11 is 6.39. The number of nitrogens with one attached hydrogen (secondary N) is 2. The summed E-state index contributed by atoms with van der Waals surface area (Å²) in [6.45, 7) is 10.5. The molecule has 3 aromatic rings. The number of pyridine rings is 1. The van der Waals surface area contributed by atoms with Gasteiger partial charge in [0.15, 0.2) is 0 Å². The zero-order valence-electron chi connectivity index (χ0n) is 21.7. The first-order chi connectivity index (χ1) is 17.6. The first-order valence-electron chi connectivity index (χ1n) is 12.5. The van der Waals surface area contributed by atoms with E-state index in [0.717, 1.165) is 66.4 Å². The number of hydrogen-bond donors (Lipinski definition) is 2. The van der Waals surface area contributed by atoms with E-state index < -0.39 is 5.60 Å². The summed E-state index contributed by atoms with van der Waals surface area (Å²) in [6, 6.07) is 5.86. The highest BCUT2D eigenvalue weighted by molar-refractivity contribution is 6.29. The van der Waals surface area contributed by atoms with Crippen molar-refractivity contribution in [2.75, 3.05) is 56.5 Å². The monoisotopic (exact) mass is 524 g/mol. The fourth-order valence-electron chi connectivity index (χ4n) is 4.51. The van der Waals surface area contributed by atoms with Gasteiger partial charge in [-0.15, -0.1) is 0 Å². The molecule has 5 heterocycles. The highest BCUT2D eigenvalue weighted by Crippen LogP contribution is 2.31. The number of likely N-dealkylation sites (N-methyl/N-ethyl adjacent to an activating group) is 1. The van der Waals surface area contributed by atoms with Crippen LogP contribution in [0.3, 0.4) is 0 Å². The fraction of sp³-hybridized carbons (Fsp3) is 0.462. The smallest absolute Gasteiger partial charge is 0.410 e. The molecule has 0 aromatic carbocycles. The van der Waals surface area contributed by atoms with Crippen molar-refractivity contribution < 1.29 is 9.53 Å². The van der Waals surface area contributed by atoms with Crippen molar-refractivity contribution in [3.63, 3.8) is 0 Å². The Morgan fingerprint density at radius 2 is 1.89 bits per heavy atom. The van der Waals surface area contributed by atoms with Gasteiger partial charge in [0, 0.05) is 56.7 Å². The van der Waals surface area contributed by atoms with Crippen LogP contribution in [0.1, 0.15) is 32.9 Å². The van der Waals surface area contributed by atoms with Crippen molar-refractivity contribution in [1.82, 2.24) is 29.7 Å². The second kappa shape index (κ2) is 10.2. The summed E-state index contributed by atoms with van der Waals surface area (Å²) in [5.41, 5.74) is 3.15. The molecule has 0 saturated carbocycles. The van der Waals surface area contributed by atoms with E-state index in [2.05, 4.69) is 54.2 Å². The van der Waals surface area contributed by atoms with Gasteiger partial charge < -0.3 is 29.7 Å². The second-order valence-corrected chi connectivity index (χ2v) is 10.9. The molecule has 3 aromatic heterocycles. The number of piperazine rings is 1. The van der Waals surface area contributed by atoms with Crippen LogP contribution in [0.2, 0.25) is 5.15 Å². The van der Waals surface area contributed by atoms with Crippen LogP contribution in [0.25, 0.3) is 16.6 Å². The minimum Gasteiger partial charge on any atom is -0.444 e. The molecule has 0 bridgehead atoms. The van der Waals surface area contributed by atoms with Crippen LogP contribution >= 0.6 is 11.6 Å². The lowest BCUT2D eigenvalue weighted by Gasteiger charge is -2.33. The van der Waals surface area contributed by atoms with Gasteiger partial charge in [-0.3, -0.25) is 0 Å². The van der Waals surface area contributed by atoms with Gasteiger partial charge in [-0.25, -0.2) is 19.7 Å². The zero-order chi connectivity index (χ0) is 26.2. The molecule has 11 heteroatoms. The third-order valence-electron chi connectivity index (χ3n) is 6.50. The maximum atomic E-state index is 12.4. The molecule has 0 radical (unpaired) electrons. The lowest BCUT2D eigenvalue weighted by Crippen LogP contribution is -2.44. The third-order valence-corrected chi connectivity index (χ3v) is 6.70. The van der Waals surface area contributed by atoms with Crippen LogP contribution in [0, 0.1) is 0 Å². The lowest BCUT2D eigenvalue weighted by atomic mass is 10.1. The molecule has 0 spiro atoms. The molecule has 10 nitrogen and oxygen atoms in total. The molecule has 5 rings (SSSR count). The van der Waals surface area contributed by atoms with E-state index >= 15 is 0 Å². The summed E-state index contributed by atoms with van der Waals surface area (Å²) in [5.74, 6) is 1.54. The molecule has 196 valence electrons. The maximum absolute atomic E-state index is 12.4. The van der Waals surface area contributed by atoms with Crippen LogP contribution in [0.4, 0.5) is 22.1 Å². The second-order valence-electron chi connectivity index (χ2n) is 10.5. The zero-order valence-corrected chi connectivity index (χ0v) is 22.5. The van der Waals surface area contributed by atoms with E-state index in [1.807, 2.05) is 26.8 Å². The molecule has 2 aliphatic rings. The van der Waals surface area contributed by atoms with Crippen LogP contribution in [0.15, 0.2) is 30.6 Å². The van der Waals surface area contributed by atoms with Crippen molar-refractivity contribution in [3.8, 4) is 0 Å². The van der Waals surface area contributed by atoms with E-state index in [0.29, 0.717) is 24.1 Å². The molecule has 0 aliphatic carbocycles. The summed E-state index contributed by atoms with van der Waals surface area (Å²) < 4.78 is 5.50. The predicted octanol–water partition coefficient (Wildman–Crippen LogP) is 4.53. The van der Waals surface area contributed by atoms with Crippen LogP contribution in [-0.4, -0.2) is 87.7 Å². The van der Waals surface area contributed by atoms with Crippen molar-refractivity contribution in [1.29, 1.82) is 0 Å². The maximum Gasteiger partial charge on any atom is 0.410 e. The summed E-state index contributed by atoms with van der Waals surface area (Å²) in [5, 5.41) is 4.72. The highest BCUT2D eigenvalue weighted by atomic mass is 35.5. The first kappa shape index (κ1) is 25.3. The van der Waals surface area contributed by atoms with Crippen molar-refractivity contribution in [3.05, 3.63) is 41.4 Å². The number of halogens is 1. The van der Waals surface area contributed by atoms with E-state index in [-0.39, 0.29) is 6.09 Å². The number of carbonyl (C=O) groups excluding carboxylic acids is 1. The molecular formula is C26H33ClN8O2. The van der Waals surface area contributed by atoms with E-state index in [1.165, 1.54) is 6.33 Å². The molecule has 2 aliphatic heterocycles. The SMILES string of the molecule is CN1CCN(c2cc(Nc3ncnc4[nH]c(C5=CCN(C(=O)OC(C)(C)C)CC5)cc34)cc(Cl)n2)CC1. The van der Waals surface area contributed by atoms with Crippen molar-refractivity contribution in [2.45, 2.75) is 32.8 Å². The molecule has 37 heavy (non-hydrogen) atoms. The number of carbonyl (C=O) groups is 1. The molecule has 0 unspecified atom stereocenters. The molecule has 1 saturated heterocycles. The van der Waals surface area contributed by atoms with Crippen LogP contribution in [0.5, 0.6) is 0 Å². The Balaban J connectivity index is 1.34. The summed E-state index contributed by atoms with van der Waals surface area (Å²) in [4.78, 5) is 35.5. The number of hydrogen-bond acceptors (Lipinski definition) is 8. The van der Waals surface area contributed by atoms with Gasteiger partial charge in [0.1, 0.15) is 34.4 Å². The molecular weight excluding hydrogens is 492 g/mol. The number of ether oxygens (including phenoxy) is 1. The Kier molecular flexibility index (Phi) is 6.96. The number of rotatable bonds is 4. The fourth-order valence-corrected chi connectivity index (χ4v) is 4.71. The standard InChI is InChI=1S/C26H33ClN8O2/c1-26(2,3)37-25(36)35-7-5-17(6-8-35)20-15-19-23(28-16-29-24(19)31-20)30-18-13-21(27)32-22(14-18)34-11-9-33(4)10-12-34/h5,13-16H,6-12H2,1-4H3,(H2,28,29,30,31,32). The number of aromatic nitrogens is 4. The van der Waals surface area contributed by atoms with Gasteiger partial charge >= 0.3 is 6.09 Å². The Bertz CT molecular complexity index is 1320. The highest BCUT2D eigenvalue weighted by Gasteiger charge is 2.24. The van der Waals surface area contributed by atoms with Crippen LogP contribution in [-0.2, 0) is 4.74 Å². The molecule has 1 amide bonds. The van der Waals surface area contributed by atoms with Gasteiger partial charge in [-0.1, -0.05) is 17.7 Å². The minimum atomic E-state index is -0.509. The predicted molar refractivity (Wildman–Crippen MR) is 147 cm³/mol. The van der Waals surface area contributed by atoms with Gasteiger partial charge in [0.25, 0.3) is 0 Å². The van der Waals surface area contributed by atoms with Crippen molar-refractivity contribution in [2.24, 2.45) is 0 Å². The van der Waals surface area contributed by atoms with Gasteiger partial charge in [-0.2, -0.15) is 0 Å². The summed E-state index contributed by atoms with van der Waals surface area (Å²) in [6.07, 6.45) is 4.03. The molecule has 2 N–H and O–H groups in total. The Morgan fingerprint density at radius 3 is 2.59 bits per heavy atom. The average molecular weight is 525 g/mol.